The van der Waals surface area contributed by atoms with E-state index >= 15 is 0 Å². The van der Waals surface area contributed by atoms with E-state index in [2.05, 4.69) is 9.97 Å². The number of pyridine rings is 1. The van der Waals surface area contributed by atoms with E-state index in [-0.39, 0.29) is 11.4 Å². The Balaban J connectivity index is 2.06. The van der Waals surface area contributed by atoms with Gasteiger partial charge in [-0.3, -0.25) is 4.57 Å². The minimum absolute atomic E-state index is 0.0403. The smallest absolute Gasteiger partial charge is 0.165 e. The number of aliphatic hydroxyl groups excluding tert-OH is 3. The molecule has 2 aromatic rings. The van der Waals surface area contributed by atoms with Crippen LogP contribution in [0.4, 0.5) is 5.82 Å². The number of anilines is 1. The van der Waals surface area contributed by atoms with Crippen LogP contribution in [-0.4, -0.2) is 54.8 Å². The maximum Gasteiger partial charge on any atom is 0.165 e. The molecule has 4 atom stereocenters. The Morgan fingerprint density at radius 1 is 1.43 bits per heavy atom. The highest BCUT2D eigenvalue weighted by molar-refractivity contribution is 5.76. The lowest BCUT2D eigenvalue weighted by molar-refractivity contribution is -0.0511. The fraction of sp³-hybridized carbons (Fsp3) is 0.417. The van der Waals surface area contributed by atoms with Crippen LogP contribution >= 0.6 is 0 Å². The maximum atomic E-state index is 10.0. The molecule has 1 saturated heterocycles. The molecule has 0 unspecified atom stereocenters. The molecule has 9 heteroatoms. The SMILES string of the molecule is N#Cc1cc2ncn([C@@H]3O[C@H](CO)[C@@H](O)[C@H]3O)c2nc1N. The van der Waals surface area contributed by atoms with E-state index in [0.29, 0.717) is 11.2 Å². The highest BCUT2D eigenvalue weighted by atomic mass is 16.6. The van der Waals surface area contributed by atoms with Crippen LogP contribution in [0.15, 0.2) is 12.4 Å². The van der Waals surface area contributed by atoms with Crippen LogP contribution in [0, 0.1) is 11.3 Å². The number of hydrogen-bond donors (Lipinski definition) is 4. The van der Waals surface area contributed by atoms with E-state index in [1.54, 1.807) is 0 Å². The normalized spacial score (nSPS) is 28.9. The van der Waals surface area contributed by atoms with E-state index in [1.165, 1.54) is 17.0 Å². The number of hydrogen-bond acceptors (Lipinski definition) is 8. The zero-order chi connectivity index (χ0) is 15.1. The standard InChI is InChI=1S/C12H13N5O4/c13-2-5-1-6-11(16-10(5)14)17(4-15-6)12-9(20)8(19)7(3-18)21-12/h1,4,7-9,12,18-20H,3H2,(H2,14,16)/t7-,8-,9-,12-/m1/s1. The minimum Gasteiger partial charge on any atom is -0.394 e. The quantitative estimate of drug-likeness (QED) is 0.521. The van der Waals surface area contributed by atoms with E-state index in [4.69, 9.17) is 20.8 Å². The molecule has 3 heterocycles. The minimum atomic E-state index is -1.24. The van der Waals surface area contributed by atoms with Gasteiger partial charge in [-0.05, 0) is 6.07 Å². The third-order valence-electron chi connectivity index (χ3n) is 3.49. The number of aromatic nitrogens is 3. The summed E-state index contributed by atoms with van der Waals surface area (Å²) in [5, 5.41) is 37.8. The molecule has 110 valence electrons. The van der Waals surface area contributed by atoms with E-state index in [1.807, 2.05) is 6.07 Å². The van der Waals surface area contributed by atoms with E-state index in [9.17, 15) is 10.2 Å². The zero-order valence-corrected chi connectivity index (χ0v) is 10.8. The summed E-state index contributed by atoms with van der Waals surface area (Å²) in [5.41, 5.74) is 6.61. The van der Waals surface area contributed by atoms with Crippen molar-refractivity contribution in [1.29, 1.82) is 5.26 Å². The summed E-state index contributed by atoms with van der Waals surface area (Å²) >= 11 is 0. The van der Waals surface area contributed by atoms with Gasteiger partial charge in [0.05, 0.1) is 18.5 Å². The van der Waals surface area contributed by atoms with Crippen LogP contribution in [0.1, 0.15) is 11.8 Å². The highest BCUT2D eigenvalue weighted by Gasteiger charge is 2.43. The van der Waals surface area contributed by atoms with Crippen molar-refractivity contribution < 1.29 is 20.1 Å². The second kappa shape index (κ2) is 4.94. The van der Waals surface area contributed by atoms with Crippen LogP contribution < -0.4 is 5.73 Å². The summed E-state index contributed by atoms with van der Waals surface area (Å²) in [6.45, 7) is -0.421. The first-order chi connectivity index (χ1) is 10.1. The van der Waals surface area contributed by atoms with Gasteiger partial charge in [-0.25, -0.2) is 9.97 Å². The predicted octanol–water partition coefficient (Wildman–Crippen LogP) is -1.50. The van der Waals surface area contributed by atoms with Gasteiger partial charge in [-0.15, -0.1) is 0 Å². The molecule has 1 fully saturated rings. The molecule has 3 rings (SSSR count). The summed E-state index contributed by atoms with van der Waals surface area (Å²) in [4.78, 5) is 8.16. The summed E-state index contributed by atoms with van der Waals surface area (Å²) < 4.78 is 6.82. The molecule has 9 nitrogen and oxygen atoms in total. The van der Waals surface area contributed by atoms with Gasteiger partial charge < -0.3 is 25.8 Å². The molecule has 1 aliphatic rings. The van der Waals surface area contributed by atoms with Gasteiger partial charge in [0.2, 0.25) is 0 Å². The van der Waals surface area contributed by atoms with Crippen LogP contribution in [0.25, 0.3) is 11.2 Å². The third-order valence-corrected chi connectivity index (χ3v) is 3.49. The average Bonchev–Trinajstić information content (AvgIpc) is 3.00. The van der Waals surface area contributed by atoms with Crippen molar-refractivity contribution in [2.24, 2.45) is 0 Å². The van der Waals surface area contributed by atoms with Crippen molar-refractivity contribution in [2.75, 3.05) is 12.3 Å². The van der Waals surface area contributed by atoms with Crippen LogP contribution in [-0.2, 0) is 4.74 Å². The number of rotatable bonds is 2. The number of ether oxygens (including phenoxy) is 1. The van der Waals surface area contributed by atoms with E-state index < -0.39 is 31.1 Å². The van der Waals surface area contributed by atoms with Gasteiger partial charge in [0.15, 0.2) is 11.9 Å². The molecular formula is C12H13N5O4. The molecule has 0 bridgehead atoms. The Kier molecular flexibility index (Phi) is 3.23. The number of nitrogens with two attached hydrogens (primary N) is 1. The molecule has 5 N–H and O–H groups in total. The molecule has 21 heavy (non-hydrogen) atoms. The molecule has 0 aromatic carbocycles. The molecule has 0 amide bonds. The zero-order valence-electron chi connectivity index (χ0n) is 10.8. The molecule has 0 aliphatic carbocycles. The van der Waals surface area contributed by atoms with Crippen LogP contribution in [0.5, 0.6) is 0 Å². The monoisotopic (exact) mass is 291 g/mol. The molecule has 0 saturated carbocycles. The Hall–Kier alpha value is -2.25. The summed E-state index contributed by atoms with van der Waals surface area (Å²) in [6.07, 6.45) is -2.91. The highest BCUT2D eigenvalue weighted by Crippen LogP contribution is 2.31. The predicted molar refractivity (Wildman–Crippen MR) is 69.7 cm³/mol. The lowest BCUT2D eigenvalue weighted by Gasteiger charge is -2.16. The second-order valence-corrected chi connectivity index (χ2v) is 4.76. The third kappa shape index (κ3) is 2.01. The number of nitrogens with zero attached hydrogens (tertiary/aromatic N) is 4. The van der Waals surface area contributed by atoms with Gasteiger partial charge in [0.25, 0.3) is 0 Å². The van der Waals surface area contributed by atoms with Crippen molar-refractivity contribution >= 4 is 17.0 Å². The molecule has 0 radical (unpaired) electrons. The second-order valence-electron chi connectivity index (χ2n) is 4.76. The number of nitrogen functional groups attached to an aromatic ring is 1. The molecule has 2 aromatic heterocycles. The Morgan fingerprint density at radius 3 is 2.81 bits per heavy atom. The summed E-state index contributed by atoms with van der Waals surface area (Å²) in [6, 6.07) is 3.39. The van der Waals surface area contributed by atoms with Crippen molar-refractivity contribution in [2.45, 2.75) is 24.5 Å². The lowest BCUT2D eigenvalue weighted by atomic mass is 10.1. The number of aliphatic hydroxyl groups is 3. The Morgan fingerprint density at radius 2 is 2.19 bits per heavy atom. The van der Waals surface area contributed by atoms with Gasteiger partial charge in [-0.1, -0.05) is 0 Å². The molecule has 1 aliphatic heterocycles. The summed E-state index contributed by atoms with van der Waals surface area (Å²) in [5.74, 6) is 0.0403. The fourth-order valence-electron chi connectivity index (χ4n) is 2.36. The van der Waals surface area contributed by atoms with Gasteiger partial charge in [0, 0.05) is 0 Å². The van der Waals surface area contributed by atoms with E-state index in [0.717, 1.165) is 0 Å². The molecular weight excluding hydrogens is 278 g/mol. The van der Waals surface area contributed by atoms with Crippen molar-refractivity contribution in [3.05, 3.63) is 18.0 Å². The Labute approximate surface area is 118 Å². The lowest BCUT2D eigenvalue weighted by Crippen LogP contribution is -2.33. The maximum absolute atomic E-state index is 10.0. The Bertz CT molecular complexity index is 724. The first-order valence-corrected chi connectivity index (χ1v) is 6.22. The van der Waals surface area contributed by atoms with Gasteiger partial charge in [-0.2, -0.15) is 5.26 Å². The van der Waals surface area contributed by atoms with Crippen LogP contribution in [0.2, 0.25) is 0 Å². The van der Waals surface area contributed by atoms with Crippen molar-refractivity contribution in [1.82, 2.24) is 14.5 Å². The first kappa shape index (κ1) is 13.7. The average molecular weight is 291 g/mol. The van der Waals surface area contributed by atoms with Gasteiger partial charge in [0.1, 0.15) is 35.7 Å². The number of nitriles is 1. The fourth-order valence-corrected chi connectivity index (χ4v) is 2.36. The van der Waals surface area contributed by atoms with Crippen molar-refractivity contribution in [3.63, 3.8) is 0 Å². The number of fused-ring (bicyclic) bond motifs is 1. The van der Waals surface area contributed by atoms with Crippen molar-refractivity contribution in [3.8, 4) is 6.07 Å². The molecule has 0 spiro atoms. The first-order valence-electron chi connectivity index (χ1n) is 6.22. The van der Waals surface area contributed by atoms with Gasteiger partial charge >= 0.3 is 0 Å². The van der Waals surface area contributed by atoms with Crippen LogP contribution in [0.3, 0.4) is 0 Å². The largest absolute Gasteiger partial charge is 0.394 e. The summed E-state index contributed by atoms with van der Waals surface area (Å²) in [7, 11) is 0. The number of imidazole rings is 1. The topological polar surface area (TPSA) is 150 Å².